The number of furan rings is 1. The van der Waals surface area contributed by atoms with Crippen molar-refractivity contribution in [1.29, 1.82) is 0 Å². The van der Waals surface area contributed by atoms with Crippen LogP contribution in [0.5, 0.6) is 11.5 Å². The van der Waals surface area contributed by atoms with Gasteiger partial charge in [0.15, 0.2) is 17.3 Å². The molecule has 146 valence electrons. The van der Waals surface area contributed by atoms with Crippen molar-refractivity contribution in [1.82, 2.24) is 10.2 Å². The van der Waals surface area contributed by atoms with Crippen LogP contribution < -0.4 is 14.8 Å². The molecule has 0 aliphatic carbocycles. The number of benzene rings is 1. The van der Waals surface area contributed by atoms with Crippen LogP contribution in [0.2, 0.25) is 0 Å². The number of para-hydroxylation sites is 1. The summed E-state index contributed by atoms with van der Waals surface area (Å²) in [6.45, 7) is 4.63. The summed E-state index contributed by atoms with van der Waals surface area (Å²) in [5, 5.41) is 2.89. The van der Waals surface area contributed by atoms with Crippen molar-refractivity contribution >= 4 is 5.91 Å². The molecule has 0 saturated carbocycles. The zero-order valence-electron chi connectivity index (χ0n) is 16.3. The highest BCUT2D eigenvalue weighted by atomic mass is 16.5. The first-order valence-corrected chi connectivity index (χ1v) is 9.46. The maximum atomic E-state index is 12.5. The van der Waals surface area contributed by atoms with E-state index in [2.05, 4.69) is 17.1 Å². The third-order valence-electron chi connectivity index (χ3n) is 5.12. The molecule has 1 atom stereocenters. The van der Waals surface area contributed by atoms with Gasteiger partial charge in [-0.1, -0.05) is 18.6 Å². The summed E-state index contributed by atoms with van der Waals surface area (Å²) < 4.78 is 16.5. The smallest absolute Gasteiger partial charge is 0.287 e. The Morgan fingerprint density at radius 3 is 2.63 bits per heavy atom. The van der Waals surface area contributed by atoms with Crippen LogP contribution in [-0.4, -0.2) is 38.1 Å². The average Bonchev–Trinajstić information content (AvgIpc) is 3.22. The quantitative estimate of drug-likeness (QED) is 0.801. The van der Waals surface area contributed by atoms with Crippen LogP contribution in [0, 0.1) is 0 Å². The third-order valence-corrected chi connectivity index (χ3v) is 5.12. The second-order valence-corrected chi connectivity index (χ2v) is 6.81. The number of hydrogen-bond acceptors (Lipinski definition) is 5. The lowest BCUT2D eigenvalue weighted by Crippen LogP contribution is -2.32. The highest BCUT2D eigenvalue weighted by Crippen LogP contribution is 2.30. The summed E-state index contributed by atoms with van der Waals surface area (Å²) in [5.41, 5.74) is 0.846. The van der Waals surface area contributed by atoms with Gasteiger partial charge in [-0.05, 0) is 51.1 Å². The van der Waals surface area contributed by atoms with E-state index in [9.17, 15) is 4.79 Å². The summed E-state index contributed by atoms with van der Waals surface area (Å²) in [5.74, 6) is 2.19. The number of ether oxygens (including phenoxy) is 2. The van der Waals surface area contributed by atoms with Gasteiger partial charge in [-0.2, -0.15) is 0 Å². The van der Waals surface area contributed by atoms with E-state index in [0.717, 1.165) is 24.4 Å². The average molecular weight is 372 g/mol. The van der Waals surface area contributed by atoms with Gasteiger partial charge in [0.25, 0.3) is 5.91 Å². The minimum absolute atomic E-state index is 0.185. The van der Waals surface area contributed by atoms with Crippen LogP contribution in [-0.2, 0) is 6.54 Å². The molecule has 0 radical (unpaired) electrons. The van der Waals surface area contributed by atoms with E-state index in [0.29, 0.717) is 23.8 Å². The lowest BCUT2D eigenvalue weighted by atomic mass is 10.1. The number of nitrogens with zero attached hydrogens (tertiary/aromatic N) is 1. The first-order valence-electron chi connectivity index (χ1n) is 9.46. The summed E-state index contributed by atoms with van der Waals surface area (Å²) in [6.07, 6.45) is 3.74. The minimum Gasteiger partial charge on any atom is -0.493 e. The molecule has 2 aromatic rings. The maximum absolute atomic E-state index is 12.5. The van der Waals surface area contributed by atoms with Crippen molar-refractivity contribution in [3.8, 4) is 11.5 Å². The van der Waals surface area contributed by atoms with Crippen LogP contribution in [0.4, 0.5) is 0 Å². The highest BCUT2D eigenvalue weighted by Gasteiger charge is 2.22. The van der Waals surface area contributed by atoms with Gasteiger partial charge in [-0.3, -0.25) is 9.69 Å². The minimum atomic E-state index is -0.239. The summed E-state index contributed by atoms with van der Waals surface area (Å²) in [7, 11) is 3.18. The number of piperidine rings is 1. The molecule has 1 saturated heterocycles. The highest BCUT2D eigenvalue weighted by molar-refractivity contribution is 5.91. The van der Waals surface area contributed by atoms with Crippen LogP contribution in [0.3, 0.4) is 0 Å². The monoisotopic (exact) mass is 372 g/mol. The Labute approximate surface area is 160 Å². The maximum Gasteiger partial charge on any atom is 0.287 e. The molecular formula is C21H28N2O4. The van der Waals surface area contributed by atoms with E-state index in [4.69, 9.17) is 13.9 Å². The molecule has 0 spiro atoms. The van der Waals surface area contributed by atoms with E-state index < -0.39 is 0 Å². The van der Waals surface area contributed by atoms with Gasteiger partial charge in [-0.25, -0.2) is 0 Å². The largest absolute Gasteiger partial charge is 0.493 e. The molecule has 6 nitrogen and oxygen atoms in total. The molecule has 1 aliphatic heterocycles. The zero-order chi connectivity index (χ0) is 19.2. The number of nitrogens with one attached hydrogen (secondary N) is 1. The van der Waals surface area contributed by atoms with Crippen molar-refractivity contribution in [2.24, 2.45) is 0 Å². The zero-order valence-corrected chi connectivity index (χ0v) is 16.3. The second-order valence-electron chi connectivity index (χ2n) is 6.81. The lowest BCUT2D eigenvalue weighted by molar-refractivity contribution is 0.0913. The Morgan fingerprint density at radius 2 is 1.93 bits per heavy atom. The van der Waals surface area contributed by atoms with Gasteiger partial charge < -0.3 is 19.2 Å². The fraction of sp³-hybridized carbons (Fsp3) is 0.476. The van der Waals surface area contributed by atoms with E-state index in [-0.39, 0.29) is 11.9 Å². The van der Waals surface area contributed by atoms with Crippen LogP contribution in [0.25, 0.3) is 0 Å². The number of amides is 1. The summed E-state index contributed by atoms with van der Waals surface area (Å²) in [4.78, 5) is 14.9. The predicted molar refractivity (Wildman–Crippen MR) is 103 cm³/mol. The number of methoxy groups -OCH3 is 2. The molecule has 2 heterocycles. The fourth-order valence-corrected chi connectivity index (χ4v) is 3.54. The molecule has 1 aromatic carbocycles. The van der Waals surface area contributed by atoms with Gasteiger partial charge in [-0.15, -0.1) is 0 Å². The van der Waals surface area contributed by atoms with Crippen molar-refractivity contribution < 1.29 is 18.7 Å². The molecule has 0 bridgehead atoms. The Morgan fingerprint density at radius 1 is 1.15 bits per heavy atom. The molecule has 1 aromatic heterocycles. The number of rotatable bonds is 7. The molecule has 1 aliphatic rings. The lowest BCUT2D eigenvalue weighted by Gasteiger charge is -2.31. The van der Waals surface area contributed by atoms with E-state index in [1.54, 1.807) is 20.3 Å². The Bertz CT molecular complexity index is 765. The number of hydrogen-bond donors (Lipinski definition) is 1. The van der Waals surface area contributed by atoms with Gasteiger partial charge in [0.1, 0.15) is 5.76 Å². The predicted octanol–water partition coefficient (Wildman–Crippen LogP) is 3.77. The van der Waals surface area contributed by atoms with Gasteiger partial charge >= 0.3 is 0 Å². The van der Waals surface area contributed by atoms with Crippen molar-refractivity contribution in [3.63, 3.8) is 0 Å². The van der Waals surface area contributed by atoms with Crippen molar-refractivity contribution in [3.05, 3.63) is 47.4 Å². The normalized spacial score (nSPS) is 16.0. The SMILES string of the molecule is COc1cccc(CNC(=O)c2ccc([C@@H](C)N3CCCCC3)o2)c1OC. The van der Waals surface area contributed by atoms with Crippen molar-refractivity contribution in [2.45, 2.75) is 38.8 Å². The first-order chi connectivity index (χ1) is 13.1. The summed E-state index contributed by atoms with van der Waals surface area (Å²) >= 11 is 0. The van der Waals surface area contributed by atoms with Crippen LogP contribution in [0.1, 0.15) is 54.1 Å². The molecular weight excluding hydrogens is 344 g/mol. The second kappa shape index (κ2) is 8.95. The Kier molecular flexibility index (Phi) is 6.40. The van der Waals surface area contributed by atoms with Crippen LogP contribution in [0.15, 0.2) is 34.7 Å². The van der Waals surface area contributed by atoms with Crippen LogP contribution >= 0.6 is 0 Å². The molecule has 1 amide bonds. The molecule has 6 heteroatoms. The Hall–Kier alpha value is -2.47. The fourth-order valence-electron chi connectivity index (χ4n) is 3.54. The number of carbonyl (C=O) groups excluding carboxylic acids is 1. The standard InChI is InChI=1S/C21H28N2O4/c1-15(23-12-5-4-6-13-23)17-10-11-19(27-17)21(24)22-14-16-8-7-9-18(25-2)20(16)26-3/h7-11,15H,4-6,12-14H2,1-3H3,(H,22,24)/t15-/m1/s1. The van der Waals surface area contributed by atoms with Gasteiger partial charge in [0.2, 0.25) is 0 Å². The van der Waals surface area contributed by atoms with Crippen molar-refractivity contribution in [2.75, 3.05) is 27.3 Å². The van der Waals surface area contributed by atoms with E-state index >= 15 is 0 Å². The molecule has 3 rings (SSSR count). The first kappa shape index (κ1) is 19.3. The third kappa shape index (κ3) is 4.45. The molecule has 1 fully saturated rings. The van der Waals surface area contributed by atoms with E-state index in [1.165, 1.54) is 19.3 Å². The molecule has 0 unspecified atom stereocenters. The number of likely N-dealkylation sites (tertiary alicyclic amines) is 1. The van der Waals surface area contributed by atoms with E-state index in [1.807, 2.05) is 24.3 Å². The Balaban J connectivity index is 1.63. The van der Waals surface area contributed by atoms with Gasteiger partial charge in [0, 0.05) is 12.1 Å². The topological polar surface area (TPSA) is 63.9 Å². The molecule has 1 N–H and O–H groups in total. The molecule has 27 heavy (non-hydrogen) atoms. The number of carbonyl (C=O) groups is 1. The summed E-state index contributed by atoms with van der Waals surface area (Å²) in [6, 6.07) is 9.42. The van der Waals surface area contributed by atoms with Gasteiger partial charge in [0.05, 0.1) is 20.3 Å².